The van der Waals surface area contributed by atoms with E-state index in [0.29, 0.717) is 24.9 Å². The van der Waals surface area contributed by atoms with E-state index in [9.17, 15) is 19.1 Å². The zero-order valence-electron chi connectivity index (χ0n) is 23.8. The fourth-order valence-electron chi connectivity index (χ4n) is 5.66. The van der Waals surface area contributed by atoms with Gasteiger partial charge in [0.25, 0.3) is 0 Å². The second kappa shape index (κ2) is 12.9. The molecule has 1 amide bonds. The van der Waals surface area contributed by atoms with Crippen LogP contribution in [-0.4, -0.2) is 66.6 Å². The number of amides is 1. The van der Waals surface area contributed by atoms with Crippen LogP contribution in [0.2, 0.25) is 5.02 Å². The van der Waals surface area contributed by atoms with Crippen LogP contribution >= 0.6 is 11.6 Å². The van der Waals surface area contributed by atoms with Gasteiger partial charge in [0.2, 0.25) is 5.91 Å². The summed E-state index contributed by atoms with van der Waals surface area (Å²) in [5.41, 5.74) is 5.54. The van der Waals surface area contributed by atoms with E-state index in [1.807, 2.05) is 42.5 Å². The second-order valence-electron chi connectivity index (χ2n) is 10.9. The van der Waals surface area contributed by atoms with Gasteiger partial charge in [0, 0.05) is 39.8 Å². The molecule has 1 saturated heterocycles. The molecule has 0 bridgehead atoms. The summed E-state index contributed by atoms with van der Waals surface area (Å²) < 4.78 is 20.9. The number of allylic oxidation sites excluding steroid dienone is 1. The van der Waals surface area contributed by atoms with E-state index in [1.54, 1.807) is 43.3 Å². The molecule has 0 saturated carbocycles. The van der Waals surface area contributed by atoms with Crippen molar-refractivity contribution >= 4 is 34.6 Å². The molecule has 6 nitrogen and oxygen atoms in total. The van der Waals surface area contributed by atoms with Gasteiger partial charge in [0.15, 0.2) is 0 Å². The van der Waals surface area contributed by atoms with Crippen LogP contribution in [0.4, 0.5) is 4.39 Å². The summed E-state index contributed by atoms with van der Waals surface area (Å²) in [4.78, 5) is 27.3. The van der Waals surface area contributed by atoms with Crippen LogP contribution in [0.1, 0.15) is 51.9 Å². The first kappa shape index (κ1) is 29.5. The molecule has 1 heterocycles. The first-order chi connectivity index (χ1) is 20.2. The Kier molecular flexibility index (Phi) is 9.09. The minimum absolute atomic E-state index is 0.0290. The van der Waals surface area contributed by atoms with Gasteiger partial charge in [0.1, 0.15) is 17.7 Å². The van der Waals surface area contributed by atoms with E-state index < -0.39 is 11.8 Å². The number of aryl methyl sites for hydroxylation is 1. The number of fused-ring (bicyclic) bond motifs is 1. The van der Waals surface area contributed by atoms with Crippen molar-refractivity contribution in [1.29, 1.82) is 0 Å². The lowest BCUT2D eigenvalue weighted by Crippen LogP contribution is -2.25. The highest BCUT2D eigenvalue weighted by molar-refractivity contribution is 6.33. The van der Waals surface area contributed by atoms with E-state index in [-0.39, 0.29) is 22.6 Å². The zero-order valence-corrected chi connectivity index (χ0v) is 24.5. The molecule has 218 valence electrons. The van der Waals surface area contributed by atoms with Crippen molar-refractivity contribution in [2.24, 2.45) is 0 Å². The number of likely N-dealkylation sites (N-methyl/N-ethyl adjacent to an activating group) is 1. The van der Waals surface area contributed by atoms with Crippen LogP contribution in [0.15, 0.2) is 72.8 Å². The molecule has 0 spiro atoms. The Morgan fingerprint density at radius 2 is 1.88 bits per heavy atom. The Labute approximate surface area is 250 Å². The number of hydrogen-bond acceptors (Lipinski definition) is 4. The predicted octanol–water partition coefficient (Wildman–Crippen LogP) is 6.57. The fraction of sp³-hybridized carbons (Fsp3) is 0.294. The Balaban J connectivity index is 1.42. The topological polar surface area (TPSA) is 70.1 Å². The number of nitrogens with zero attached hydrogens (tertiary/aromatic N) is 2. The van der Waals surface area contributed by atoms with E-state index in [1.165, 1.54) is 6.07 Å². The molecule has 1 aliphatic carbocycles. The highest BCUT2D eigenvalue weighted by Crippen LogP contribution is 2.42. The van der Waals surface area contributed by atoms with Crippen molar-refractivity contribution < 1.29 is 23.8 Å². The largest absolute Gasteiger partial charge is 0.489 e. The molecule has 1 aliphatic heterocycles. The number of ether oxygens (including phenoxy) is 1. The molecule has 0 unspecified atom stereocenters. The summed E-state index contributed by atoms with van der Waals surface area (Å²) in [6.45, 7) is 2.36. The van der Waals surface area contributed by atoms with Gasteiger partial charge in [0.05, 0.1) is 10.6 Å². The molecule has 42 heavy (non-hydrogen) atoms. The quantitative estimate of drug-likeness (QED) is 0.301. The minimum Gasteiger partial charge on any atom is -0.489 e. The minimum atomic E-state index is -0.967. The standard InChI is InChI=1S/C34H34ClFN2O4/c1-37(2)31(39)10-5-18-38-19-17-26(21-38)42-25-14-11-22(12-15-25)32-27-16-13-24(34(40)41)20-23(27)6-3-7-28(32)29-8-4-9-30(36)33(29)35/h4-5,8-16,20,26H,3,6-7,17-19,21H2,1-2H3,(H,40,41)/t26-/m0/s1. The number of benzene rings is 3. The van der Waals surface area contributed by atoms with Crippen molar-refractivity contribution in [2.45, 2.75) is 31.8 Å². The van der Waals surface area contributed by atoms with Crippen LogP contribution in [0.5, 0.6) is 5.75 Å². The number of carboxylic acids is 1. The van der Waals surface area contributed by atoms with Crippen LogP contribution in [-0.2, 0) is 11.2 Å². The van der Waals surface area contributed by atoms with Crippen molar-refractivity contribution in [3.63, 3.8) is 0 Å². The summed E-state index contributed by atoms with van der Waals surface area (Å²) in [7, 11) is 3.46. The summed E-state index contributed by atoms with van der Waals surface area (Å²) in [5.74, 6) is -0.713. The number of hydrogen-bond donors (Lipinski definition) is 1. The highest BCUT2D eigenvalue weighted by Gasteiger charge is 2.25. The van der Waals surface area contributed by atoms with Gasteiger partial charge < -0.3 is 14.7 Å². The second-order valence-corrected chi connectivity index (χ2v) is 11.3. The Bertz CT molecular complexity index is 1550. The van der Waals surface area contributed by atoms with Gasteiger partial charge in [-0.15, -0.1) is 0 Å². The number of carboxylic acid groups (broad SMARTS) is 1. The zero-order chi connectivity index (χ0) is 29.8. The lowest BCUT2D eigenvalue weighted by atomic mass is 9.87. The van der Waals surface area contributed by atoms with Crippen LogP contribution in [0.25, 0.3) is 11.1 Å². The van der Waals surface area contributed by atoms with Gasteiger partial charge in [-0.05, 0) is 89.4 Å². The van der Waals surface area contributed by atoms with Gasteiger partial charge in [-0.25, -0.2) is 9.18 Å². The maximum atomic E-state index is 14.6. The monoisotopic (exact) mass is 588 g/mol. The molecule has 0 aromatic heterocycles. The predicted molar refractivity (Wildman–Crippen MR) is 163 cm³/mol. The maximum Gasteiger partial charge on any atom is 0.335 e. The molecular formula is C34H34ClFN2O4. The van der Waals surface area contributed by atoms with E-state index >= 15 is 0 Å². The van der Waals surface area contributed by atoms with Gasteiger partial charge in [-0.3, -0.25) is 9.69 Å². The van der Waals surface area contributed by atoms with Crippen LogP contribution in [0.3, 0.4) is 0 Å². The van der Waals surface area contributed by atoms with Crippen molar-refractivity contribution in [1.82, 2.24) is 9.80 Å². The number of rotatable bonds is 8. The SMILES string of the molecule is CN(C)C(=O)C=CCN1CC[C@H](Oc2ccc(C3=C(c4cccc(F)c4Cl)CCCc4cc(C(=O)O)ccc43)cc2)C1. The third-order valence-electron chi connectivity index (χ3n) is 7.81. The number of likely N-dealkylation sites (tertiary alicyclic amines) is 1. The fourth-order valence-corrected chi connectivity index (χ4v) is 5.90. The molecular weight excluding hydrogens is 555 g/mol. The number of aromatic carboxylic acids is 1. The molecule has 1 N–H and O–H groups in total. The lowest BCUT2D eigenvalue weighted by Gasteiger charge is -2.19. The first-order valence-corrected chi connectivity index (χ1v) is 14.5. The van der Waals surface area contributed by atoms with Crippen LogP contribution in [0, 0.1) is 5.82 Å². The highest BCUT2D eigenvalue weighted by atomic mass is 35.5. The van der Waals surface area contributed by atoms with Gasteiger partial charge in [-0.2, -0.15) is 0 Å². The number of halogens is 2. The molecule has 5 rings (SSSR count). The molecule has 8 heteroatoms. The molecule has 2 aliphatic rings. The maximum absolute atomic E-state index is 14.6. The number of carbonyl (C=O) groups is 2. The van der Waals surface area contributed by atoms with Crippen LogP contribution < -0.4 is 4.74 Å². The van der Waals surface area contributed by atoms with Crippen molar-refractivity contribution in [3.05, 3.63) is 111 Å². The molecule has 0 radical (unpaired) electrons. The molecule has 1 atom stereocenters. The normalized spacial score (nSPS) is 17.3. The van der Waals surface area contributed by atoms with E-state index in [4.69, 9.17) is 16.3 Å². The summed E-state index contributed by atoms with van der Waals surface area (Å²) >= 11 is 6.49. The molecule has 3 aromatic rings. The van der Waals surface area contributed by atoms with Gasteiger partial charge in [-0.1, -0.05) is 48.0 Å². The first-order valence-electron chi connectivity index (χ1n) is 14.1. The molecule has 3 aromatic carbocycles. The smallest absolute Gasteiger partial charge is 0.335 e. The van der Waals surface area contributed by atoms with Crippen molar-refractivity contribution in [3.8, 4) is 5.75 Å². The van der Waals surface area contributed by atoms with E-state index in [2.05, 4.69) is 4.90 Å². The summed E-state index contributed by atoms with van der Waals surface area (Å²) in [6, 6.07) is 18.0. The molecule has 1 fully saturated rings. The Morgan fingerprint density at radius 1 is 1.10 bits per heavy atom. The third kappa shape index (κ3) is 6.58. The lowest BCUT2D eigenvalue weighted by molar-refractivity contribution is -0.123. The average Bonchev–Trinajstić information content (AvgIpc) is 3.32. The number of carbonyl (C=O) groups excluding carboxylic acids is 1. The Hall–Kier alpha value is -3.94. The average molecular weight is 589 g/mol. The Morgan fingerprint density at radius 3 is 2.62 bits per heavy atom. The third-order valence-corrected chi connectivity index (χ3v) is 8.20. The van der Waals surface area contributed by atoms with Crippen molar-refractivity contribution in [2.75, 3.05) is 33.7 Å². The van der Waals surface area contributed by atoms with Gasteiger partial charge >= 0.3 is 5.97 Å². The van der Waals surface area contributed by atoms with E-state index in [0.717, 1.165) is 59.5 Å². The summed E-state index contributed by atoms with van der Waals surface area (Å²) in [6.07, 6.45) is 6.57. The summed E-state index contributed by atoms with van der Waals surface area (Å²) in [5, 5.41) is 9.66.